The van der Waals surface area contributed by atoms with Crippen molar-refractivity contribution in [2.75, 3.05) is 13.2 Å². The first-order valence-electron chi connectivity index (χ1n) is 5.87. The summed E-state index contributed by atoms with van der Waals surface area (Å²) in [6, 6.07) is 4.08. The van der Waals surface area contributed by atoms with Crippen LogP contribution in [0.4, 0.5) is 4.39 Å². The number of carboxylic acids is 1. The van der Waals surface area contributed by atoms with Crippen LogP contribution >= 0.6 is 0 Å². The highest BCUT2D eigenvalue weighted by atomic mass is 19.1. The van der Waals surface area contributed by atoms with Crippen LogP contribution in [-0.2, 0) is 21.6 Å². The van der Waals surface area contributed by atoms with Crippen LogP contribution in [0.3, 0.4) is 0 Å². The van der Waals surface area contributed by atoms with E-state index in [1.165, 1.54) is 18.2 Å². The number of aliphatic hydroxyl groups is 1. The maximum atomic E-state index is 13.1. The van der Waals surface area contributed by atoms with Crippen molar-refractivity contribution in [1.29, 1.82) is 0 Å². The van der Waals surface area contributed by atoms with E-state index >= 15 is 0 Å². The Bertz CT molecular complexity index is 460. The Morgan fingerprint density at radius 2 is 2.28 bits per heavy atom. The third-order valence-electron chi connectivity index (χ3n) is 3.25. The smallest absolute Gasteiger partial charge is 0.340 e. The zero-order valence-electron chi connectivity index (χ0n) is 9.86. The van der Waals surface area contributed by atoms with Gasteiger partial charge < -0.3 is 14.9 Å². The molecule has 0 saturated carbocycles. The summed E-state index contributed by atoms with van der Waals surface area (Å²) < 4.78 is 18.6. The highest BCUT2D eigenvalue weighted by molar-refractivity contribution is 5.81. The van der Waals surface area contributed by atoms with Gasteiger partial charge in [-0.3, -0.25) is 0 Å². The van der Waals surface area contributed by atoms with Crippen molar-refractivity contribution in [2.24, 2.45) is 0 Å². The van der Waals surface area contributed by atoms with Gasteiger partial charge in [-0.25, -0.2) is 9.18 Å². The minimum atomic E-state index is -1.39. The van der Waals surface area contributed by atoms with Crippen molar-refractivity contribution in [3.63, 3.8) is 0 Å². The van der Waals surface area contributed by atoms with E-state index in [4.69, 9.17) is 9.84 Å². The number of hydrogen-bond donors (Lipinski definition) is 2. The van der Waals surface area contributed by atoms with E-state index in [1.807, 2.05) is 0 Å². The van der Waals surface area contributed by atoms with E-state index in [2.05, 4.69) is 0 Å². The highest BCUT2D eigenvalue weighted by Gasteiger charge is 2.46. The molecule has 2 N–H and O–H groups in total. The Kier molecular flexibility index (Phi) is 3.63. The van der Waals surface area contributed by atoms with Crippen LogP contribution in [0.15, 0.2) is 18.2 Å². The molecule has 0 aromatic heterocycles. The second-order valence-corrected chi connectivity index (χ2v) is 4.36. The number of carboxylic acid groups (broad SMARTS) is 1. The molecule has 5 heteroatoms. The van der Waals surface area contributed by atoms with Gasteiger partial charge in [0.15, 0.2) is 5.60 Å². The lowest BCUT2D eigenvalue weighted by atomic mass is 9.95. The number of aliphatic hydroxyl groups excluding tert-OH is 1. The monoisotopic (exact) mass is 254 g/mol. The van der Waals surface area contributed by atoms with Gasteiger partial charge in [0, 0.05) is 6.61 Å². The van der Waals surface area contributed by atoms with E-state index in [-0.39, 0.29) is 19.0 Å². The molecule has 2 rings (SSSR count). The molecule has 0 saturated heterocycles. The Hall–Kier alpha value is -1.46. The van der Waals surface area contributed by atoms with Gasteiger partial charge in [0.2, 0.25) is 0 Å². The largest absolute Gasteiger partial charge is 0.479 e. The molecule has 0 bridgehead atoms. The molecule has 0 aliphatic heterocycles. The van der Waals surface area contributed by atoms with Crippen LogP contribution in [0.1, 0.15) is 24.0 Å². The Labute approximate surface area is 104 Å². The van der Waals surface area contributed by atoms with Crippen LogP contribution in [0.2, 0.25) is 0 Å². The Balaban J connectivity index is 2.31. The van der Waals surface area contributed by atoms with Crippen LogP contribution in [0, 0.1) is 5.82 Å². The van der Waals surface area contributed by atoms with Crippen LogP contribution < -0.4 is 0 Å². The number of aryl methyl sites for hydroxylation is 1. The summed E-state index contributed by atoms with van der Waals surface area (Å²) in [6.07, 6.45) is 1.16. The van der Waals surface area contributed by atoms with Crippen LogP contribution in [0.5, 0.6) is 0 Å². The van der Waals surface area contributed by atoms with Gasteiger partial charge in [0.05, 0.1) is 6.61 Å². The Morgan fingerprint density at radius 1 is 1.50 bits per heavy atom. The normalized spacial score (nSPS) is 21.9. The van der Waals surface area contributed by atoms with E-state index in [0.29, 0.717) is 30.4 Å². The lowest BCUT2D eigenvalue weighted by Crippen LogP contribution is -2.37. The fourth-order valence-electron chi connectivity index (χ4n) is 2.35. The molecule has 1 atom stereocenters. The standard InChI is InChI=1S/C13H15FO4/c14-10-2-3-11-9(8-10)4-5-13(11,12(16)17)18-7-1-6-15/h2-3,8,15H,1,4-7H2,(H,16,17). The molecule has 0 radical (unpaired) electrons. The van der Waals surface area contributed by atoms with Crippen molar-refractivity contribution < 1.29 is 24.1 Å². The topological polar surface area (TPSA) is 66.8 Å². The predicted molar refractivity (Wildman–Crippen MR) is 61.7 cm³/mol. The van der Waals surface area contributed by atoms with Crippen LogP contribution in [-0.4, -0.2) is 29.4 Å². The second kappa shape index (κ2) is 5.04. The first-order chi connectivity index (χ1) is 8.60. The molecule has 1 aromatic carbocycles. The zero-order valence-corrected chi connectivity index (χ0v) is 9.86. The molecule has 4 nitrogen and oxygen atoms in total. The summed E-state index contributed by atoms with van der Waals surface area (Å²) in [5.41, 5.74) is -0.186. The fourth-order valence-corrected chi connectivity index (χ4v) is 2.35. The summed E-state index contributed by atoms with van der Waals surface area (Å²) in [4.78, 5) is 11.5. The number of ether oxygens (including phenoxy) is 1. The lowest BCUT2D eigenvalue weighted by molar-refractivity contribution is -0.168. The molecule has 1 unspecified atom stereocenters. The Morgan fingerprint density at radius 3 is 2.94 bits per heavy atom. The molecular formula is C13H15FO4. The number of halogens is 1. The highest BCUT2D eigenvalue weighted by Crippen LogP contribution is 2.40. The average Bonchev–Trinajstić information content (AvgIpc) is 2.69. The minimum absolute atomic E-state index is 0.0496. The molecule has 0 fully saturated rings. The van der Waals surface area contributed by atoms with E-state index in [0.717, 1.165) is 0 Å². The van der Waals surface area contributed by atoms with Crippen molar-refractivity contribution in [2.45, 2.75) is 24.9 Å². The van der Waals surface area contributed by atoms with Crippen molar-refractivity contribution in [3.8, 4) is 0 Å². The maximum absolute atomic E-state index is 13.1. The summed E-state index contributed by atoms with van der Waals surface area (Å²) >= 11 is 0. The predicted octanol–water partition coefficient (Wildman–Crippen LogP) is 1.45. The molecule has 18 heavy (non-hydrogen) atoms. The van der Waals surface area contributed by atoms with Crippen molar-refractivity contribution in [3.05, 3.63) is 35.1 Å². The molecule has 1 aliphatic rings. The van der Waals surface area contributed by atoms with E-state index in [1.54, 1.807) is 0 Å². The fraction of sp³-hybridized carbons (Fsp3) is 0.462. The minimum Gasteiger partial charge on any atom is -0.479 e. The summed E-state index contributed by atoms with van der Waals surface area (Å²) in [7, 11) is 0. The number of rotatable bonds is 5. The third-order valence-corrected chi connectivity index (χ3v) is 3.25. The first kappa shape index (κ1) is 13.0. The van der Waals surface area contributed by atoms with Gasteiger partial charge in [-0.05, 0) is 42.5 Å². The number of aliphatic carboxylic acids is 1. The summed E-state index contributed by atoms with van der Waals surface area (Å²) in [5, 5.41) is 18.1. The van der Waals surface area contributed by atoms with Gasteiger partial charge >= 0.3 is 5.97 Å². The second-order valence-electron chi connectivity index (χ2n) is 4.36. The average molecular weight is 254 g/mol. The number of benzene rings is 1. The number of fused-ring (bicyclic) bond motifs is 1. The summed E-state index contributed by atoms with van der Waals surface area (Å²) in [5.74, 6) is -1.43. The maximum Gasteiger partial charge on any atom is 0.340 e. The van der Waals surface area contributed by atoms with Crippen molar-refractivity contribution in [1.82, 2.24) is 0 Å². The van der Waals surface area contributed by atoms with Gasteiger partial charge in [0.1, 0.15) is 5.82 Å². The zero-order chi connectivity index (χ0) is 13.2. The lowest BCUT2D eigenvalue weighted by Gasteiger charge is -2.26. The molecular weight excluding hydrogens is 239 g/mol. The number of carbonyl (C=O) groups is 1. The third kappa shape index (κ3) is 2.11. The SMILES string of the molecule is O=C(O)C1(OCCCO)CCc2cc(F)ccc21. The molecule has 98 valence electrons. The van der Waals surface area contributed by atoms with E-state index in [9.17, 15) is 14.3 Å². The summed E-state index contributed by atoms with van der Waals surface area (Å²) in [6.45, 7) is 0.117. The first-order valence-corrected chi connectivity index (χ1v) is 5.87. The van der Waals surface area contributed by atoms with Crippen molar-refractivity contribution >= 4 is 5.97 Å². The van der Waals surface area contributed by atoms with Crippen LogP contribution in [0.25, 0.3) is 0 Å². The van der Waals surface area contributed by atoms with E-state index < -0.39 is 11.6 Å². The van der Waals surface area contributed by atoms with Gasteiger partial charge in [0.25, 0.3) is 0 Å². The number of hydrogen-bond acceptors (Lipinski definition) is 3. The van der Waals surface area contributed by atoms with Gasteiger partial charge in [-0.15, -0.1) is 0 Å². The quantitative estimate of drug-likeness (QED) is 0.780. The molecule has 0 amide bonds. The molecule has 0 heterocycles. The molecule has 1 aliphatic carbocycles. The molecule has 0 spiro atoms. The van der Waals surface area contributed by atoms with Gasteiger partial charge in [-0.1, -0.05) is 6.07 Å². The van der Waals surface area contributed by atoms with Gasteiger partial charge in [-0.2, -0.15) is 0 Å². The molecule has 1 aromatic rings.